The highest BCUT2D eigenvalue weighted by atomic mass is 16.5. The Kier molecular flexibility index (Phi) is 3.13. The molecular formula is C14H16N2O3. The third-order valence-corrected chi connectivity index (χ3v) is 3.41. The molecule has 100 valence electrons. The Morgan fingerprint density at radius 2 is 2.16 bits per heavy atom. The number of nitrogens with one attached hydrogen (secondary N) is 1. The van der Waals surface area contributed by atoms with Crippen molar-refractivity contribution < 1.29 is 13.9 Å². The largest absolute Gasteiger partial charge is 0.465 e. The lowest BCUT2D eigenvalue weighted by molar-refractivity contribution is 0.0601. The van der Waals surface area contributed by atoms with Gasteiger partial charge in [-0.15, -0.1) is 0 Å². The summed E-state index contributed by atoms with van der Waals surface area (Å²) < 4.78 is 10.4. The standard InChI is InChI=1S/C14H16N2O3/c1-18-14(17)11-8-10-2-7-19-13(10)12(9-11)16-5-3-15-4-6-16/h2,7-9,15H,3-6H2,1H3. The molecule has 1 saturated heterocycles. The number of furan rings is 1. The Morgan fingerprint density at radius 3 is 2.89 bits per heavy atom. The minimum absolute atomic E-state index is 0.320. The van der Waals surface area contributed by atoms with E-state index in [1.54, 1.807) is 12.3 Å². The second kappa shape index (κ2) is 4.93. The van der Waals surface area contributed by atoms with Gasteiger partial charge in [0.1, 0.15) is 0 Å². The van der Waals surface area contributed by atoms with Crippen LogP contribution in [0.3, 0.4) is 0 Å². The Balaban J connectivity index is 2.09. The second-order valence-electron chi connectivity index (χ2n) is 4.56. The predicted molar refractivity (Wildman–Crippen MR) is 72.6 cm³/mol. The molecule has 5 nitrogen and oxygen atoms in total. The molecule has 1 fully saturated rings. The summed E-state index contributed by atoms with van der Waals surface area (Å²) >= 11 is 0. The number of fused-ring (bicyclic) bond motifs is 1. The quantitative estimate of drug-likeness (QED) is 0.832. The van der Waals surface area contributed by atoms with Gasteiger partial charge < -0.3 is 19.4 Å². The van der Waals surface area contributed by atoms with E-state index < -0.39 is 0 Å². The van der Waals surface area contributed by atoms with Crippen LogP contribution in [0.15, 0.2) is 28.9 Å². The van der Waals surface area contributed by atoms with E-state index in [2.05, 4.69) is 10.2 Å². The molecule has 1 aromatic heterocycles. The maximum atomic E-state index is 11.7. The average molecular weight is 260 g/mol. The van der Waals surface area contributed by atoms with Gasteiger partial charge in [-0.1, -0.05) is 0 Å². The third-order valence-electron chi connectivity index (χ3n) is 3.41. The first-order valence-corrected chi connectivity index (χ1v) is 6.35. The molecular weight excluding hydrogens is 244 g/mol. The lowest BCUT2D eigenvalue weighted by Crippen LogP contribution is -2.43. The van der Waals surface area contributed by atoms with Crippen LogP contribution in [0.4, 0.5) is 5.69 Å². The molecule has 5 heteroatoms. The molecule has 0 saturated carbocycles. The van der Waals surface area contributed by atoms with Crippen LogP contribution in [0.2, 0.25) is 0 Å². The van der Waals surface area contributed by atoms with Crippen LogP contribution < -0.4 is 10.2 Å². The van der Waals surface area contributed by atoms with Crippen molar-refractivity contribution in [2.45, 2.75) is 0 Å². The molecule has 0 radical (unpaired) electrons. The fraction of sp³-hybridized carbons (Fsp3) is 0.357. The molecule has 1 aliphatic rings. The first kappa shape index (κ1) is 12.0. The molecule has 0 atom stereocenters. The van der Waals surface area contributed by atoms with Gasteiger partial charge >= 0.3 is 5.97 Å². The van der Waals surface area contributed by atoms with E-state index in [-0.39, 0.29) is 5.97 Å². The SMILES string of the molecule is COC(=O)c1cc(N2CCNCC2)c2occc2c1. The number of rotatable bonds is 2. The zero-order valence-corrected chi connectivity index (χ0v) is 10.8. The highest BCUT2D eigenvalue weighted by Crippen LogP contribution is 2.30. The number of piperazine rings is 1. The highest BCUT2D eigenvalue weighted by Gasteiger charge is 2.18. The van der Waals surface area contributed by atoms with Crippen LogP contribution in [-0.4, -0.2) is 39.3 Å². The average Bonchev–Trinajstić information content (AvgIpc) is 2.94. The third kappa shape index (κ3) is 2.17. The molecule has 2 heterocycles. The Hall–Kier alpha value is -2.01. The van der Waals surface area contributed by atoms with Gasteiger partial charge in [0.05, 0.1) is 24.6 Å². The summed E-state index contributed by atoms with van der Waals surface area (Å²) in [5.41, 5.74) is 2.35. The lowest BCUT2D eigenvalue weighted by atomic mass is 10.1. The van der Waals surface area contributed by atoms with Crippen molar-refractivity contribution in [3.63, 3.8) is 0 Å². The van der Waals surface area contributed by atoms with Gasteiger partial charge in [0.25, 0.3) is 0 Å². The molecule has 0 bridgehead atoms. The number of anilines is 1. The summed E-state index contributed by atoms with van der Waals surface area (Å²) in [6.45, 7) is 3.68. The summed E-state index contributed by atoms with van der Waals surface area (Å²) in [5, 5.41) is 4.24. The molecule has 0 amide bonds. The predicted octanol–water partition coefficient (Wildman–Crippen LogP) is 1.63. The highest BCUT2D eigenvalue weighted by molar-refractivity contribution is 5.99. The maximum Gasteiger partial charge on any atom is 0.337 e. The molecule has 19 heavy (non-hydrogen) atoms. The molecule has 0 aliphatic carbocycles. The van der Waals surface area contributed by atoms with Crippen LogP contribution in [0.1, 0.15) is 10.4 Å². The van der Waals surface area contributed by atoms with Crippen molar-refractivity contribution in [3.8, 4) is 0 Å². The van der Waals surface area contributed by atoms with Crippen LogP contribution in [-0.2, 0) is 4.74 Å². The van der Waals surface area contributed by atoms with Gasteiger partial charge in [-0.3, -0.25) is 0 Å². The van der Waals surface area contributed by atoms with Gasteiger partial charge in [0.15, 0.2) is 5.58 Å². The summed E-state index contributed by atoms with van der Waals surface area (Å²) in [4.78, 5) is 14.0. The normalized spacial score (nSPS) is 15.7. The molecule has 1 aromatic carbocycles. The van der Waals surface area contributed by atoms with Crippen molar-refractivity contribution in [1.82, 2.24) is 5.32 Å². The van der Waals surface area contributed by atoms with Gasteiger partial charge in [0, 0.05) is 31.6 Å². The molecule has 1 aliphatic heterocycles. The van der Waals surface area contributed by atoms with Crippen molar-refractivity contribution >= 4 is 22.6 Å². The summed E-state index contributed by atoms with van der Waals surface area (Å²) in [6.07, 6.45) is 1.65. The second-order valence-corrected chi connectivity index (χ2v) is 4.56. The first-order valence-electron chi connectivity index (χ1n) is 6.35. The van der Waals surface area contributed by atoms with E-state index in [4.69, 9.17) is 9.15 Å². The molecule has 0 spiro atoms. The van der Waals surface area contributed by atoms with Gasteiger partial charge in [-0.25, -0.2) is 4.79 Å². The Labute approximate surface area is 111 Å². The first-order chi connectivity index (χ1) is 9.29. The Bertz CT molecular complexity index is 600. The van der Waals surface area contributed by atoms with E-state index in [9.17, 15) is 4.79 Å². The molecule has 0 unspecified atom stereocenters. The summed E-state index contributed by atoms with van der Waals surface area (Å²) in [7, 11) is 1.40. The number of nitrogens with zero attached hydrogens (tertiary/aromatic N) is 1. The minimum atomic E-state index is -0.320. The zero-order valence-electron chi connectivity index (χ0n) is 10.8. The number of hydrogen-bond acceptors (Lipinski definition) is 5. The van der Waals surface area contributed by atoms with Gasteiger partial charge in [-0.2, -0.15) is 0 Å². The Morgan fingerprint density at radius 1 is 1.37 bits per heavy atom. The smallest absolute Gasteiger partial charge is 0.337 e. The van der Waals surface area contributed by atoms with E-state index >= 15 is 0 Å². The van der Waals surface area contributed by atoms with Gasteiger partial charge in [0.2, 0.25) is 0 Å². The molecule has 3 rings (SSSR count). The van der Waals surface area contributed by atoms with E-state index in [1.165, 1.54) is 7.11 Å². The van der Waals surface area contributed by atoms with E-state index in [0.29, 0.717) is 5.56 Å². The number of esters is 1. The summed E-state index contributed by atoms with van der Waals surface area (Å²) in [5.74, 6) is -0.320. The number of ether oxygens (including phenoxy) is 1. The van der Waals surface area contributed by atoms with Crippen molar-refractivity contribution in [1.29, 1.82) is 0 Å². The number of benzene rings is 1. The number of hydrogen-bond donors (Lipinski definition) is 1. The fourth-order valence-electron chi connectivity index (χ4n) is 2.44. The number of carbonyl (C=O) groups is 1. The number of methoxy groups -OCH3 is 1. The van der Waals surface area contributed by atoms with Crippen LogP contribution in [0.25, 0.3) is 11.0 Å². The van der Waals surface area contributed by atoms with Crippen LogP contribution in [0, 0.1) is 0 Å². The van der Waals surface area contributed by atoms with E-state index in [1.807, 2.05) is 12.1 Å². The fourth-order valence-corrected chi connectivity index (χ4v) is 2.44. The maximum absolute atomic E-state index is 11.7. The van der Waals surface area contributed by atoms with Crippen molar-refractivity contribution in [2.24, 2.45) is 0 Å². The van der Waals surface area contributed by atoms with E-state index in [0.717, 1.165) is 42.8 Å². The summed E-state index contributed by atoms with van der Waals surface area (Å²) in [6, 6.07) is 5.52. The van der Waals surface area contributed by atoms with Crippen LogP contribution in [0.5, 0.6) is 0 Å². The van der Waals surface area contributed by atoms with Crippen molar-refractivity contribution in [3.05, 3.63) is 30.0 Å². The monoisotopic (exact) mass is 260 g/mol. The zero-order chi connectivity index (χ0) is 13.2. The molecule has 2 aromatic rings. The van der Waals surface area contributed by atoms with Crippen LogP contribution >= 0.6 is 0 Å². The topological polar surface area (TPSA) is 54.7 Å². The molecule has 1 N–H and O–H groups in total. The number of carbonyl (C=O) groups excluding carboxylic acids is 1. The van der Waals surface area contributed by atoms with Crippen molar-refractivity contribution in [2.75, 3.05) is 38.2 Å². The minimum Gasteiger partial charge on any atom is -0.465 e. The lowest BCUT2D eigenvalue weighted by Gasteiger charge is -2.29. The van der Waals surface area contributed by atoms with Gasteiger partial charge in [-0.05, 0) is 18.2 Å².